The zero-order valence-corrected chi connectivity index (χ0v) is 14.0. The van der Waals surface area contributed by atoms with Crippen molar-refractivity contribution in [3.05, 3.63) is 35.4 Å². The van der Waals surface area contributed by atoms with Gasteiger partial charge in [-0.15, -0.1) is 0 Å². The van der Waals surface area contributed by atoms with Crippen molar-refractivity contribution in [1.29, 1.82) is 0 Å². The SMILES string of the molecule is CCCCCCCC[C@@H](NC(=O)Cc1ccc(F)cc1F)C(=O)O. The predicted molar refractivity (Wildman–Crippen MR) is 87.6 cm³/mol. The minimum absolute atomic E-state index is 0.0394. The Bertz CT molecular complexity index is 549. The first-order valence-electron chi connectivity index (χ1n) is 8.40. The molecule has 0 bridgehead atoms. The Morgan fingerprint density at radius 1 is 1.12 bits per heavy atom. The standard InChI is InChI=1S/C18H25F2NO3/c1-2-3-4-5-6-7-8-16(18(23)24)21-17(22)11-13-9-10-14(19)12-15(13)20/h9-10,12,16H,2-8,11H2,1H3,(H,21,22)(H,23,24)/t16-/m1/s1. The van der Waals surface area contributed by atoms with Gasteiger partial charge in [0.25, 0.3) is 0 Å². The largest absolute Gasteiger partial charge is 0.480 e. The molecule has 0 unspecified atom stereocenters. The van der Waals surface area contributed by atoms with Gasteiger partial charge >= 0.3 is 5.97 Å². The number of rotatable bonds is 11. The third-order valence-electron chi connectivity index (χ3n) is 3.85. The molecule has 24 heavy (non-hydrogen) atoms. The fourth-order valence-electron chi connectivity index (χ4n) is 2.47. The Kier molecular flexibility index (Phi) is 8.97. The van der Waals surface area contributed by atoms with E-state index in [1.165, 1.54) is 12.5 Å². The van der Waals surface area contributed by atoms with Gasteiger partial charge in [-0.05, 0) is 18.1 Å². The third-order valence-corrected chi connectivity index (χ3v) is 3.85. The summed E-state index contributed by atoms with van der Waals surface area (Å²) >= 11 is 0. The number of carboxylic acids is 1. The molecular weight excluding hydrogens is 316 g/mol. The minimum Gasteiger partial charge on any atom is -0.480 e. The maximum atomic E-state index is 13.5. The molecule has 0 fully saturated rings. The lowest BCUT2D eigenvalue weighted by molar-refractivity contribution is -0.142. The van der Waals surface area contributed by atoms with Crippen molar-refractivity contribution in [3.63, 3.8) is 0 Å². The van der Waals surface area contributed by atoms with Gasteiger partial charge in [0.05, 0.1) is 6.42 Å². The van der Waals surface area contributed by atoms with Crippen molar-refractivity contribution in [3.8, 4) is 0 Å². The minimum atomic E-state index is -1.10. The number of halogens is 2. The van der Waals surface area contributed by atoms with Crippen LogP contribution in [0, 0.1) is 11.6 Å². The van der Waals surface area contributed by atoms with Crippen LogP contribution in [-0.2, 0) is 16.0 Å². The lowest BCUT2D eigenvalue weighted by Gasteiger charge is -2.14. The predicted octanol–water partition coefficient (Wildman–Crippen LogP) is 3.83. The lowest BCUT2D eigenvalue weighted by atomic mass is 10.0. The first-order chi connectivity index (χ1) is 11.4. The van der Waals surface area contributed by atoms with E-state index in [4.69, 9.17) is 0 Å². The number of benzene rings is 1. The number of aliphatic carboxylic acids is 1. The molecule has 0 aromatic heterocycles. The molecule has 4 nitrogen and oxygen atoms in total. The normalized spacial score (nSPS) is 12.0. The van der Waals surface area contributed by atoms with Crippen LogP contribution >= 0.6 is 0 Å². The van der Waals surface area contributed by atoms with Crippen LogP contribution < -0.4 is 5.32 Å². The molecule has 1 aromatic rings. The second-order valence-corrected chi connectivity index (χ2v) is 5.93. The van der Waals surface area contributed by atoms with E-state index in [-0.39, 0.29) is 12.0 Å². The highest BCUT2D eigenvalue weighted by Gasteiger charge is 2.20. The van der Waals surface area contributed by atoms with Crippen molar-refractivity contribution in [1.82, 2.24) is 5.32 Å². The average Bonchev–Trinajstić information content (AvgIpc) is 2.52. The Hall–Kier alpha value is -1.98. The summed E-state index contributed by atoms with van der Waals surface area (Å²) in [7, 11) is 0. The van der Waals surface area contributed by atoms with Gasteiger partial charge in [-0.25, -0.2) is 13.6 Å². The number of hydrogen-bond donors (Lipinski definition) is 2. The Balaban J connectivity index is 2.43. The fraction of sp³-hybridized carbons (Fsp3) is 0.556. The van der Waals surface area contributed by atoms with Gasteiger partial charge in [-0.3, -0.25) is 4.79 Å². The molecule has 1 amide bonds. The number of carboxylic acid groups (broad SMARTS) is 1. The molecule has 0 aliphatic carbocycles. The van der Waals surface area contributed by atoms with Gasteiger partial charge in [0.15, 0.2) is 0 Å². The Morgan fingerprint density at radius 3 is 2.42 bits per heavy atom. The molecule has 0 aliphatic heterocycles. The first kappa shape index (κ1) is 20.1. The van der Waals surface area contributed by atoms with Crippen molar-refractivity contribution in [2.24, 2.45) is 0 Å². The second kappa shape index (κ2) is 10.7. The summed E-state index contributed by atoms with van der Waals surface area (Å²) in [4.78, 5) is 23.1. The van der Waals surface area contributed by atoms with E-state index in [9.17, 15) is 23.5 Å². The zero-order chi connectivity index (χ0) is 17.9. The summed E-state index contributed by atoms with van der Waals surface area (Å²) in [5.74, 6) is -3.22. The van der Waals surface area contributed by atoms with E-state index >= 15 is 0 Å². The van der Waals surface area contributed by atoms with Gasteiger partial charge in [0.2, 0.25) is 5.91 Å². The smallest absolute Gasteiger partial charge is 0.326 e. The summed E-state index contributed by atoms with van der Waals surface area (Å²) in [5, 5.41) is 11.6. The molecule has 0 aliphatic rings. The van der Waals surface area contributed by atoms with Gasteiger partial charge in [-0.2, -0.15) is 0 Å². The first-order valence-corrected chi connectivity index (χ1v) is 8.40. The van der Waals surface area contributed by atoms with E-state index in [1.54, 1.807) is 0 Å². The topological polar surface area (TPSA) is 66.4 Å². The molecule has 1 aromatic carbocycles. The van der Waals surface area contributed by atoms with Gasteiger partial charge in [0, 0.05) is 6.07 Å². The number of carbonyl (C=O) groups excluding carboxylic acids is 1. The number of nitrogens with one attached hydrogen (secondary N) is 1. The molecule has 0 saturated heterocycles. The van der Waals surface area contributed by atoms with Crippen LogP contribution in [0.2, 0.25) is 0 Å². The highest BCUT2D eigenvalue weighted by Crippen LogP contribution is 2.12. The van der Waals surface area contributed by atoms with E-state index in [1.807, 2.05) is 0 Å². The van der Waals surface area contributed by atoms with Crippen LogP contribution in [0.1, 0.15) is 57.4 Å². The van der Waals surface area contributed by atoms with E-state index in [2.05, 4.69) is 12.2 Å². The number of carbonyl (C=O) groups is 2. The van der Waals surface area contributed by atoms with Crippen LogP contribution in [0.3, 0.4) is 0 Å². The van der Waals surface area contributed by atoms with E-state index in [0.29, 0.717) is 18.9 Å². The summed E-state index contributed by atoms with van der Waals surface area (Å²) in [6, 6.07) is 1.98. The summed E-state index contributed by atoms with van der Waals surface area (Å²) < 4.78 is 26.4. The molecule has 1 atom stereocenters. The molecule has 0 saturated carbocycles. The van der Waals surface area contributed by atoms with Crippen LogP contribution in [-0.4, -0.2) is 23.0 Å². The van der Waals surface area contributed by atoms with Crippen molar-refractivity contribution in [2.75, 3.05) is 0 Å². The summed E-state index contributed by atoms with van der Waals surface area (Å²) in [5.41, 5.74) is 0.0394. The highest BCUT2D eigenvalue weighted by atomic mass is 19.1. The van der Waals surface area contributed by atoms with Crippen LogP contribution in [0.4, 0.5) is 8.78 Å². The number of hydrogen-bond acceptors (Lipinski definition) is 2. The summed E-state index contributed by atoms with van der Waals surface area (Å²) in [6.45, 7) is 2.12. The average molecular weight is 341 g/mol. The maximum absolute atomic E-state index is 13.5. The monoisotopic (exact) mass is 341 g/mol. The number of amides is 1. The highest BCUT2D eigenvalue weighted by molar-refractivity contribution is 5.84. The molecule has 2 N–H and O–H groups in total. The molecule has 0 radical (unpaired) electrons. The van der Waals surface area contributed by atoms with Crippen molar-refractivity contribution >= 4 is 11.9 Å². The van der Waals surface area contributed by atoms with Gasteiger partial charge in [-0.1, -0.05) is 51.5 Å². The summed E-state index contributed by atoms with van der Waals surface area (Å²) in [6.07, 6.45) is 6.17. The Morgan fingerprint density at radius 2 is 1.79 bits per heavy atom. The van der Waals surface area contributed by atoms with Crippen molar-refractivity contribution < 1.29 is 23.5 Å². The molecule has 134 valence electrons. The molecule has 0 heterocycles. The quantitative estimate of drug-likeness (QED) is 0.601. The van der Waals surface area contributed by atoms with E-state index < -0.39 is 29.6 Å². The lowest BCUT2D eigenvalue weighted by Crippen LogP contribution is -2.41. The zero-order valence-electron chi connectivity index (χ0n) is 14.0. The van der Waals surface area contributed by atoms with Crippen LogP contribution in [0.5, 0.6) is 0 Å². The maximum Gasteiger partial charge on any atom is 0.326 e. The molecule has 0 spiro atoms. The molecular formula is C18H25F2NO3. The van der Waals surface area contributed by atoms with Gasteiger partial charge < -0.3 is 10.4 Å². The van der Waals surface area contributed by atoms with Crippen LogP contribution in [0.25, 0.3) is 0 Å². The second-order valence-electron chi connectivity index (χ2n) is 5.93. The molecule has 6 heteroatoms. The van der Waals surface area contributed by atoms with Gasteiger partial charge in [0.1, 0.15) is 17.7 Å². The van der Waals surface area contributed by atoms with E-state index in [0.717, 1.165) is 31.7 Å². The van der Waals surface area contributed by atoms with Crippen LogP contribution in [0.15, 0.2) is 18.2 Å². The third kappa shape index (κ3) is 7.53. The number of unbranched alkanes of at least 4 members (excludes halogenated alkanes) is 5. The fourth-order valence-corrected chi connectivity index (χ4v) is 2.47. The Labute approximate surface area is 141 Å². The van der Waals surface area contributed by atoms with Crippen molar-refractivity contribution in [2.45, 2.75) is 64.3 Å². The molecule has 1 rings (SSSR count).